The van der Waals surface area contributed by atoms with Gasteiger partial charge in [0.15, 0.2) is 5.82 Å². The maximum absolute atomic E-state index is 13.1. The van der Waals surface area contributed by atoms with Gasteiger partial charge in [-0.2, -0.15) is 4.31 Å². The molecule has 1 unspecified atom stereocenters. The van der Waals surface area contributed by atoms with E-state index in [4.69, 9.17) is 0 Å². The van der Waals surface area contributed by atoms with Gasteiger partial charge >= 0.3 is 0 Å². The van der Waals surface area contributed by atoms with Gasteiger partial charge in [-0.15, -0.1) is 11.3 Å². The lowest BCUT2D eigenvalue weighted by molar-refractivity contribution is 0.341. The molecule has 2 heterocycles. The molecule has 1 atom stereocenters. The summed E-state index contributed by atoms with van der Waals surface area (Å²) >= 11 is 1.59. The van der Waals surface area contributed by atoms with Crippen molar-refractivity contribution in [1.29, 1.82) is 0 Å². The number of aromatic nitrogens is 3. The Hall–Kier alpha value is -2.16. The number of sulfonamides is 1. The van der Waals surface area contributed by atoms with Crippen LogP contribution in [-0.4, -0.2) is 34.7 Å². The van der Waals surface area contributed by atoms with Crippen LogP contribution in [0.2, 0.25) is 0 Å². The van der Waals surface area contributed by atoms with Gasteiger partial charge in [-0.3, -0.25) is 0 Å². The van der Waals surface area contributed by atoms with Gasteiger partial charge in [0.25, 0.3) is 0 Å². The first-order valence-corrected chi connectivity index (χ1v) is 11.0. The topological polar surface area (TPSA) is 76.1 Å². The first kappa shape index (κ1) is 18.2. The zero-order valence-corrected chi connectivity index (χ0v) is 16.8. The second kappa shape index (κ2) is 7.10. The van der Waals surface area contributed by atoms with Crippen molar-refractivity contribution in [3.63, 3.8) is 0 Å². The molecule has 1 aliphatic carbocycles. The van der Waals surface area contributed by atoms with Gasteiger partial charge in [0.2, 0.25) is 10.0 Å². The minimum atomic E-state index is -3.68. The van der Waals surface area contributed by atoms with Gasteiger partial charge in [-0.1, -0.05) is 30.3 Å². The molecule has 0 radical (unpaired) electrons. The van der Waals surface area contributed by atoms with Crippen LogP contribution in [0.5, 0.6) is 0 Å². The first-order chi connectivity index (χ1) is 13.0. The molecule has 6 nitrogen and oxygen atoms in total. The van der Waals surface area contributed by atoms with Crippen molar-refractivity contribution < 1.29 is 8.42 Å². The number of aryl methyl sites for hydroxylation is 2. The summed E-state index contributed by atoms with van der Waals surface area (Å²) in [6.45, 7) is 1.96. The van der Waals surface area contributed by atoms with E-state index in [1.807, 2.05) is 37.3 Å². The van der Waals surface area contributed by atoms with Crippen LogP contribution in [0.15, 0.2) is 47.6 Å². The highest BCUT2D eigenvalue weighted by atomic mass is 32.2. The summed E-state index contributed by atoms with van der Waals surface area (Å²) in [5.74, 6) is 0.509. The summed E-state index contributed by atoms with van der Waals surface area (Å²) in [4.78, 5) is 14.3. The molecule has 0 saturated carbocycles. The van der Waals surface area contributed by atoms with Crippen molar-refractivity contribution in [1.82, 2.24) is 19.3 Å². The molecule has 8 heteroatoms. The second-order valence-corrected chi connectivity index (χ2v) is 9.81. The highest BCUT2D eigenvalue weighted by Crippen LogP contribution is 2.39. The van der Waals surface area contributed by atoms with Crippen LogP contribution < -0.4 is 0 Å². The summed E-state index contributed by atoms with van der Waals surface area (Å²) in [5.41, 5.74) is 1.89. The molecule has 27 heavy (non-hydrogen) atoms. The molecule has 0 bridgehead atoms. The molecule has 2 aromatic heterocycles. The maximum atomic E-state index is 13.1. The zero-order valence-electron chi connectivity index (χ0n) is 15.2. The lowest BCUT2D eigenvalue weighted by Gasteiger charge is -2.29. The molecule has 1 aliphatic rings. The molecule has 4 rings (SSSR count). The van der Waals surface area contributed by atoms with Crippen LogP contribution in [0.1, 0.15) is 34.5 Å². The Morgan fingerprint density at radius 2 is 1.85 bits per heavy atom. The van der Waals surface area contributed by atoms with Crippen LogP contribution in [0.3, 0.4) is 0 Å². The Labute approximate surface area is 163 Å². The largest absolute Gasteiger partial charge is 0.246 e. The van der Waals surface area contributed by atoms with Gasteiger partial charge in [-0.05, 0) is 26.2 Å². The number of nitrogens with zero attached hydrogens (tertiary/aromatic N) is 4. The molecule has 0 amide bonds. The molecule has 3 aromatic rings. The predicted octanol–water partition coefficient (Wildman–Crippen LogP) is 3.61. The fourth-order valence-corrected chi connectivity index (χ4v) is 5.85. The zero-order chi connectivity index (χ0) is 19.0. The molecular formula is C19H20N4O2S2. The maximum Gasteiger partial charge on any atom is 0.246 e. The van der Waals surface area contributed by atoms with Crippen LogP contribution in [0.25, 0.3) is 11.4 Å². The monoisotopic (exact) mass is 400 g/mol. The minimum absolute atomic E-state index is 0.109. The van der Waals surface area contributed by atoms with E-state index in [0.29, 0.717) is 5.82 Å². The third-order valence-electron chi connectivity index (χ3n) is 4.80. The van der Waals surface area contributed by atoms with E-state index in [1.54, 1.807) is 18.4 Å². The van der Waals surface area contributed by atoms with E-state index in [0.717, 1.165) is 40.4 Å². The number of rotatable bonds is 4. The smallest absolute Gasteiger partial charge is 0.246 e. The molecule has 0 saturated heterocycles. The number of benzene rings is 1. The average Bonchev–Trinajstić information content (AvgIpc) is 3.08. The molecule has 0 fully saturated rings. The second-order valence-electron chi connectivity index (χ2n) is 6.58. The van der Waals surface area contributed by atoms with Crippen LogP contribution in [0, 0.1) is 6.92 Å². The van der Waals surface area contributed by atoms with E-state index < -0.39 is 10.0 Å². The van der Waals surface area contributed by atoms with Crippen molar-refractivity contribution in [2.24, 2.45) is 0 Å². The van der Waals surface area contributed by atoms with Gasteiger partial charge < -0.3 is 0 Å². The molecular weight excluding hydrogens is 380 g/mol. The van der Waals surface area contributed by atoms with Crippen LogP contribution in [-0.2, 0) is 16.4 Å². The molecule has 0 N–H and O–H groups in total. The van der Waals surface area contributed by atoms with Crippen molar-refractivity contribution in [2.45, 2.75) is 37.1 Å². The normalized spacial score (nSPS) is 17.1. The van der Waals surface area contributed by atoms with Crippen molar-refractivity contribution in [3.05, 3.63) is 58.3 Å². The number of hydrogen-bond donors (Lipinski definition) is 0. The van der Waals surface area contributed by atoms with Gasteiger partial charge in [-0.25, -0.2) is 23.4 Å². The highest BCUT2D eigenvalue weighted by molar-refractivity contribution is 7.89. The minimum Gasteiger partial charge on any atom is -0.246 e. The lowest BCUT2D eigenvalue weighted by Crippen LogP contribution is -2.33. The summed E-state index contributed by atoms with van der Waals surface area (Å²) in [7, 11) is -2.05. The van der Waals surface area contributed by atoms with Gasteiger partial charge in [0.05, 0.1) is 29.1 Å². The number of fused-ring (bicyclic) bond motifs is 1. The standard InChI is InChI=1S/C19H20N4O2S2/c1-13-22-16-9-6-10-17(18(16)26-13)23(2)27(24,25)15-11-20-19(21-12-15)14-7-4-3-5-8-14/h3-5,7-8,11-12,17H,6,9-10H2,1-2H3. The van der Waals surface area contributed by atoms with E-state index in [-0.39, 0.29) is 10.9 Å². The fourth-order valence-electron chi connectivity index (χ4n) is 3.39. The first-order valence-electron chi connectivity index (χ1n) is 8.78. The summed E-state index contributed by atoms with van der Waals surface area (Å²) in [6.07, 6.45) is 5.43. The molecule has 140 valence electrons. The lowest BCUT2D eigenvalue weighted by atomic mass is 9.98. The van der Waals surface area contributed by atoms with Crippen molar-refractivity contribution in [3.8, 4) is 11.4 Å². The Kier molecular flexibility index (Phi) is 4.79. The highest BCUT2D eigenvalue weighted by Gasteiger charge is 2.34. The number of thiazole rings is 1. The Morgan fingerprint density at radius 3 is 2.56 bits per heavy atom. The Bertz CT molecular complexity index is 1050. The van der Waals surface area contributed by atoms with Crippen molar-refractivity contribution >= 4 is 21.4 Å². The van der Waals surface area contributed by atoms with E-state index >= 15 is 0 Å². The van der Waals surface area contributed by atoms with Crippen LogP contribution >= 0.6 is 11.3 Å². The van der Waals surface area contributed by atoms with Crippen molar-refractivity contribution in [2.75, 3.05) is 7.05 Å². The molecule has 0 aliphatic heterocycles. The fraction of sp³-hybridized carbons (Fsp3) is 0.316. The third kappa shape index (κ3) is 3.40. The summed E-state index contributed by atoms with van der Waals surface area (Å²) in [5, 5.41) is 0.980. The predicted molar refractivity (Wildman–Crippen MR) is 105 cm³/mol. The third-order valence-corrected chi connectivity index (χ3v) is 7.74. The van der Waals surface area contributed by atoms with E-state index in [1.165, 1.54) is 16.7 Å². The quantitative estimate of drug-likeness (QED) is 0.669. The van der Waals surface area contributed by atoms with Gasteiger partial charge in [0.1, 0.15) is 4.90 Å². The van der Waals surface area contributed by atoms with E-state index in [2.05, 4.69) is 15.0 Å². The van der Waals surface area contributed by atoms with E-state index in [9.17, 15) is 8.42 Å². The summed E-state index contributed by atoms with van der Waals surface area (Å²) in [6, 6.07) is 9.32. The van der Waals surface area contributed by atoms with Crippen LogP contribution in [0.4, 0.5) is 0 Å². The Balaban J connectivity index is 1.63. The summed E-state index contributed by atoms with van der Waals surface area (Å²) < 4.78 is 27.7. The average molecular weight is 401 g/mol. The SMILES string of the molecule is Cc1nc2c(s1)C(N(C)S(=O)(=O)c1cnc(-c3ccccc3)nc1)CCC2. The molecule has 0 spiro atoms. The Morgan fingerprint density at radius 1 is 1.15 bits per heavy atom. The van der Waals surface area contributed by atoms with Gasteiger partial charge in [0, 0.05) is 17.5 Å². The number of hydrogen-bond acceptors (Lipinski definition) is 6. The molecule has 1 aromatic carbocycles.